The molecule has 1 rings (SSSR count). The van der Waals surface area contributed by atoms with Crippen LogP contribution in [0.5, 0.6) is 11.5 Å². The zero-order valence-electron chi connectivity index (χ0n) is 11.9. The maximum absolute atomic E-state index is 12.2. The van der Waals surface area contributed by atoms with Crippen LogP contribution in [0.15, 0.2) is 29.7 Å². The third-order valence-electron chi connectivity index (χ3n) is 2.69. The number of hydrogen-bond acceptors (Lipinski definition) is 5. The Hall–Kier alpha value is -2.06. The molecule has 0 aliphatic rings. The van der Waals surface area contributed by atoms with E-state index >= 15 is 0 Å². The molecule has 1 aromatic carbocycles. The van der Waals surface area contributed by atoms with Gasteiger partial charge in [0.25, 0.3) is 0 Å². The van der Waals surface area contributed by atoms with Gasteiger partial charge in [0.2, 0.25) is 10.0 Å². The summed E-state index contributed by atoms with van der Waals surface area (Å²) in [7, 11) is -1.34. The van der Waals surface area contributed by atoms with Crippen LogP contribution in [-0.4, -0.2) is 39.8 Å². The summed E-state index contributed by atoms with van der Waals surface area (Å²) in [5, 5.41) is 9.17. The Balaban J connectivity index is 3.48. The average molecular weight is 315 g/mol. The monoisotopic (exact) mass is 315 g/mol. The number of sulfonamides is 1. The molecule has 1 atom stereocenters. The maximum atomic E-state index is 12.2. The van der Waals surface area contributed by atoms with E-state index in [1.807, 2.05) is 0 Å². The summed E-state index contributed by atoms with van der Waals surface area (Å²) < 4.78 is 36.7. The summed E-state index contributed by atoms with van der Waals surface area (Å²) >= 11 is 0. The molecule has 0 bridgehead atoms. The molecule has 21 heavy (non-hydrogen) atoms. The minimum absolute atomic E-state index is 0.0176. The van der Waals surface area contributed by atoms with E-state index in [2.05, 4.69) is 11.3 Å². The first kappa shape index (κ1) is 17.0. The highest BCUT2D eigenvalue weighted by Crippen LogP contribution is 2.34. The van der Waals surface area contributed by atoms with Crippen molar-refractivity contribution in [3.8, 4) is 11.5 Å². The molecule has 116 valence electrons. The molecule has 0 heterocycles. The second kappa shape index (κ2) is 6.59. The zero-order valence-corrected chi connectivity index (χ0v) is 12.7. The summed E-state index contributed by atoms with van der Waals surface area (Å²) in [6.45, 7) is 5.08. The molecule has 0 amide bonds. The fourth-order valence-electron chi connectivity index (χ4n) is 1.61. The lowest BCUT2D eigenvalue weighted by molar-refractivity contribution is 0.0692. The number of carboxylic acids is 1. The van der Waals surface area contributed by atoms with Crippen LogP contribution in [0.2, 0.25) is 0 Å². The van der Waals surface area contributed by atoms with Gasteiger partial charge in [0.05, 0.1) is 19.1 Å². The van der Waals surface area contributed by atoms with Crippen LogP contribution in [0.4, 0.5) is 0 Å². The summed E-state index contributed by atoms with van der Waals surface area (Å²) in [5.74, 6) is -1.34. The molecule has 0 saturated carbocycles. The van der Waals surface area contributed by atoms with Crippen LogP contribution in [0.25, 0.3) is 0 Å². The van der Waals surface area contributed by atoms with Gasteiger partial charge in [0.15, 0.2) is 11.5 Å². The van der Waals surface area contributed by atoms with Gasteiger partial charge in [0.1, 0.15) is 5.56 Å². The normalized spacial score (nSPS) is 12.5. The number of hydrogen-bond donors (Lipinski definition) is 2. The predicted molar refractivity (Wildman–Crippen MR) is 76.5 cm³/mol. The molecule has 0 spiro atoms. The summed E-state index contributed by atoms with van der Waals surface area (Å²) in [4.78, 5) is 11.0. The van der Waals surface area contributed by atoms with Crippen LogP contribution in [0.3, 0.4) is 0 Å². The number of rotatable bonds is 7. The van der Waals surface area contributed by atoms with Crippen molar-refractivity contribution in [1.82, 2.24) is 4.72 Å². The highest BCUT2D eigenvalue weighted by Gasteiger charge is 2.24. The van der Waals surface area contributed by atoms with E-state index in [0.717, 1.165) is 6.07 Å². The first-order valence-electron chi connectivity index (χ1n) is 5.91. The van der Waals surface area contributed by atoms with Crippen molar-refractivity contribution in [1.29, 1.82) is 0 Å². The van der Waals surface area contributed by atoms with Gasteiger partial charge in [-0.2, -0.15) is 0 Å². The molecule has 1 aromatic rings. The second-order valence-electron chi connectivity index (χ2n) is 4.16. The number of ether oxygens (including phenoxy) is 2. The third kappa shape index (κ3) is 3.73. The van der Waals surface area contributed by atoms with Crippen molar-refractivity contribution in [3.05, 3.63) is 30.4 Å². The van der Waals surface area contributed by atoms with Gasteiger partial charge in [-0.3, -0.25) is 0 Å². The number of nitrogens with one attached hydrogen (secondary N) is 1. The highest BCUT2D eigenvalue weighted by atomic mass is 32.2. The van der Waals surface area contributed by atoms with E-state index in [9.17, 15) is 13.2 Å². The number of methoxy groups -OCH3 is 2. The standard InChI is InChI=1S/C13H17NO6S/c1-5-8(2)14-21(17,18)9-6-10(13(15)16)12(20-4)11(7-9)19-3/h5-8,14H,1H2,2-4H3,(H,15,16). The number of aromatic carboxylic acids is 1. The molecule has 0 aliphatic heterocycles. The fourth-order valence-corrected chi connectivity index (χ4v) is 2.87. The first-order valence-corrected chi connectivity index (χ1v) is 7.39. The van der Waals surface area contributed by atoms with Crippen LogP contribution < -0.4 is 14.2 Å². The average Bonchev–Trinajstić information content (AvgIpc) is 2.44. The lowest BCUT2D eigenvalue weighted by atomic mass is 10.2. The fraction of sp³-hybridized carbons (Fsp3) is 0.308. The van der Waals surface area contributed by atoms with E-state index in [1.165, 1.54) is 26.4 Å². The smallest absolute Gasteiger partial charge is 0.339 e. The van der Waals surface area contributed by atoms with Gasteiger partial charge in [-0.25, -0.2) is 17.9 Å². The molecular weight excluding hydrogens is 298 g/mol. The Labute approximate surface area is 123 Å². The second-order valence-corrected chi connectivity index (χ2v) is 5.87. The minimum atomic E-state index is -3.91. The van der Waals surface area contributed by atoms with Gasteiger partial charge in [0, 0.05) is 12.1 Å². The summed E-state index contributed by atoms with van der Waals surface area (Å²) in [5.41, 5.74) is -0.302. The summed E-state index contributed by atoms with van der Waals surface area (Å²) in [6.07, 6.45) is 1.41. The maximum Gasteiger partial charge on any atom is 0.339 e. The van der Waals surface area contributed by atoms with Crippen molar-refractivity contribution in [2.45, 2.75) is 17.9 Å². The molecule has 2 N–H and O–H groups in total. The van der Waals surface area contributed by atoms with Gasteiger partial charge < -0.3 is 14.6 Å². The molecule has 0 fully saturated rings. The molecular formula is C13H17NO6S. The van der Waals surface area contributed by atoms with Crippen LogP contribution in [0, 0.1) is 0 Å². The Morgan fingerprint density at radius 2 is 2.00 bits per heavy atom. The Bertz CT molecular complexity index is 653. The van der Waals surface area contributed by atoms with Gasteiger partial charge in [-0.1, -0.05) is 6.08 Å². The van der Waals surface area contributed by atoms with E-state index in [-0.39, 0.29) is 22.0 Å². The van der Waals surface area contributed by atoms with Crippen molar-refractivity contribution < 1.29 is 27.8 Å². The third-order valence-corrected chi connectivity index (χ3v) is 4.23. The van der Waals surface area contributed by atoms with E-state index in [1.54, 1.807) is 6.92 Å². The number of carbonyl (C=O) groups is 1. The zero-order chi connectivity index (χ0) is 16.2. The van der Waals surface area contributed by atoms with Gasteiger partial charge in [-0.15, -0.1) is 6.58 Å². The van der Waals surface area contributed by atoms with Crippen molar-refractivity contribution in [2.24, 2.45) is 0 Å². The van der Waals surface area contributed by atoms with E-state index in [0.29, 0.717) is 0 Å². The van der Waals surface area contributed by atoms with E-state index < -0.39 is 22.0 Å². The lowest BCUT2D eigenvalue weighted by Crippen LogP contribution is -2.31. The summed E-state index contributed by atoms with van der Waals surface area (Å²) in [6, 6.07) is 1.71. The quantitative estimate of drug-likeness (QED) is 0.734. The largest absolute Gasteiger partial charge is 0.493 e. The lowest BCUT2D eigenvalue weighted by Gasteiger charge is -2.15. The van der Waals surface area contributed by atoms with Crippen LogP contribution in [0.1, 0.15) is 17.3 Å². The molecule has 0 saturated heterocycles. The van der Waals surface area contributed by atoms with Gasteiger partial charge >= 0.3 is 5.97 Å². The minimum Gasteiger partial charge on any atom is -0.493 e. The highest BCUT2D eigenvalue weighted by molar-refractivity contribution is 7.89. The molecule has 0 radical (unpaired) electrons. The molecule has 8 heteroatoms. The van der Waals surface area contributed by atoms with Crippen molar-refractivity contribution in [2.75, 3.05) is 14.2 Å². The molecule has 0 aliphatic carbocycles. The topological polar surface area (TPSA) is 102 Å². The van der Waals surface area contributed by atoms with Crippen molar-refractivity contribution in [3.63, 3.8) is 0 Å². The molecule has 0 aromatic heterocycles. The molecule has 1 unspecified atom stereocenters. The Morgan fingerprint density at radius 1 is 1.38 bits per heavy atom. The van der Waals surface area contributed by atoms with Crippen LogP contribution in [-0.2, 0) is 10.0 Å². The Kier molecular flexibility index (Phi) is 5.34. The van der Waals surface area contributed by atoms with E-state index in [4.69, 9.17) is 14.6 Å². The first-order chi connectivity index (χ1) is 9.76. The number of carboxylic acid groups (broad SMARTS) is 1. The Morgan fingerprint density at radius 3 is 2.43 bits per heavy atom. The van der Waals surface area contributed by atoms with Gasteiger partial charge in [-0.05, 0) is 13.0 Å². The van der Waals surface area contributed by atoms with Crippen LogP contribution >= 0.6 is 0 Å². The SMILES string of the molecule is C=CC(C)NS(=O)(=O)c1cc(OC)c(OC)c(C(=O)O)c1. The number of benzene rings is 1. The molecule has 7 nitrogen and oxygen atoms in total. The predicted octanol–water partition coefficient (Wildman–Crippen LogP) is 1.25. The van der Waals surface area contributed by atoms with Crippen molar-refractivity contribution >= 4 is 16.0 Å².